The van der Waals surface area contributed by atoms with Crippen LogP contribution in [0.1, 0.15) is 41.7 Å². The van der Waals surface area contributed by atoms with Crippen molar-refractivity contribution in [3.63, 3.8) is 0 Å². The quantitative estimate of drug-likeness (QED) is 0.174. The van der Waals surface area contributed by atoms with E-state index in [1.807, 2.05) is 60.7 Å². The molecule has 3 aromatic rings. The summed E-state index contributed by atoms with van der Waals surface area (Å²) < 4.78 is 0.591. The summed E-state index contributed by atoms with van der Waals surface area (Å²) in [5.41, 5.74) is 2.13. The molecular weight excluding hydrogens is 518 g/mol. The third-order valence-electron chi connectivity index (χ3n) is 5.35. The Labute approximate surface area is 223 Å². The summed E-state index contributed by atoms with van der Waals surface area (Å²) in [4.78, 5) is 32.7. The lowest BCUT2D eigenvalue weighted by Crippen LogP contribution is -2.29. The second-order valence-corrected chi connectivity index (χ2v) is 11.3. The van der Waals surface area contributed by atoms with Crippen LogP contribution in [0.2, 0.25) is 5.02 Å². The number of thioether (sulfide) groups is 1. The third-order valence-corrected chi connectivity index (χ3v) is 7.89. The Kier molecular flexibility index (Phi) is 9.09. The predicted octanol–water partition coefficient (Wildman–Crippen LogP) is 6.79. The van der Waals surface area contributed by atoms with Crippen molar-refractivity contribution in [2.24, 2.45) is 0 Å². The Morgan fingerprint density at radius 3 is 2.63 bits per heavy atom. The average Bonchev–Trinajstić information content (AvgIpc) is 3.39. The van der Waals surface area contributed by atoms with E-state index in [1.165, 1.54) is 23.1 Å². The maximum atomic E-state index is 12.7. The Morgan fingerprint density at radius 1 is 1.09 bits per heavy atom. The highest BCUT2D eigenvalue weighted by atomic mass is 35.5. The topological polar surface area (TPSA) is 62.3 Å². The van der Waals surface area contributed by atoms with E-state index in [0.29, 0.717) is 32.3 Å². The van der Waals surface area contributed by atoms with Gasteiger partial charge in [0.15, 0.2) is 5.13 Å². The molecule has 1 N–H and O–H groups in total. The van der Waals surface area contributed by atoms with Crippen LogP contribution in [0.5, 0.6) is 0 Å². The third kappa shape index (κ3) is 7.48. The molecule has 0 spiro atoms. The number of benzene rings is 2. The van der Waals surface area contributed by atoms with E-state index in [-0.39, 0.29) is 11.8 Å². The fraction of sp³-hybridized carbons (Fsp3) is 0.231. The van der Waals surface area contributed by atoms with Crippen molar-refractivity contribution in [1.82, 2.24) is 9.88 Å². The number of halogens is 1. The normalized spacial score (nSPS) is 14.7. The summed E-state index contributed by atoms with van der Waals surface area (Å²) in [5.74, 6) is -0.0893. The van der Waals surface area contributed by atoms with Crippen LogP contribution in [0, 0.1) is 0 Å². The molecule has 1 aliphatic rings. The van der Waals surface area contributed by atoms with Gasteiger partial charge in [-0.3, -0.25) is 14.5 Å². The molecule has 0 unspecified atom stereocenters. The predicted molar refractivity (Wildman–Crippen MR) is 150 cm³/mol. The number of rotatable bonds is 10. The first kappa shape index (κ1) is 25.6. The average molecular weight is 542 g/mol. The second kappa shape index (κ2) is 12.4. The molecule has 4 rings (SSSR count). The van der Waals surface area contributed by atoms with Gasteiger partial charge in [-0.25, -0.2) is 4.98 Å². The van der Waals surface area contributed by atoms with E-state index in [9.17, 15) is 9.59 Å². The molecule has 0 radical (unpaired) electrons. The van der Waals surface area contributed by atoms with Gasteiger partial charge in [0.2, 0.25) is 5.91 Å². The first-order valence-corrected chi connectivity index (χ1v) is 13.7. The van der Waals surface area contributed by atoms with Gasteiger partial charge in [-0.15, -0.1) is 11.3 Å². The molecule has 35 heavy (non-hydrogen) atoms. The van der Waals surface area contributed by atoms with Gasteiger partial charge in [-0.05, 0) is 42.2 Å². The van der Waals surface area contributed by atoms with Crippen LogP contribution >= 0.6 is 46.9 Å². The summed E-state index contributed by atoms with van der Waals surface area (Å²) in [6, 6.07) is 17.5. The number of thiazole rings is 1. The fourth-order valence-electron chi connectivity index (χ4n) is 3.56. The molecule has 1 aromatic heterocycles. The van der Waals surface area contributed by atoms with Crippen molar-refractivity contribution in [1.29, 1.82) is 0 Å². The van der Waals surface area contributed by atoms with Gasteiger partial charge >= 0.3 is 0 Å². The number of thiocarbonyl (C=S) groups is 1. The largest absolute Gasteiger partial charge is 0.302 e. The van der Waals surface area contributed by atoms with Gasteiger partial charge in [0, 0.05) is 35.5 Å². The number of unbranched alkanes of at least 4 members (excludes halogenated alkanes) is 2. The van der Waals surface area contributed by atoms with Gasteiger partial charge in [0.1, 0.15) is 4.32 Å². The maximum absolute atomic E-state index is 12.7. The Balaban J connectivity index is 1.16. The highest BCUT2D eigenvalue weighted by Crippen LogP contribution is 2.32. The Hall–Kier alpha value is -2.52. The first-order valence-electron chi connectivity index (χ1n) is 11.3. The number of nitrogens with one attached hydrogen (secondary N) is 1. The molecule has 1 fully saturated rings. The van der Waals surface area contributed by atoms with Crippen LogP contribution < -0.4 is 5.32 Å². The summed E-state index contributed by atoms with van der Waals surface area (Å²) in [6.45, 7) is 0.568. The smallest absolute Gasteiger partial charge is 0.266 e. The minimum atomic E-state index is -0.0474. The molecule has 0 aliphatic carbocycles. The number of amides is 2. The van der Waals surface area contributed by atoms with Gasteiger partial charge in [-0.2, -0.15) is 0 Å². The van der Waals surface area contributed by atoms with E-state index in [4.69, 9.17) is 23.8 Å². The molecular formula is C26H24ClN3O2S3. The van der Waals surface area contributed by atoms with Crippen LogP contribution in [-0.4, -0.2) is 32.6 Å². The fourth-order valence-corrected chi connectivity index (χ4v) is 5.86. The summed E-state index contributed by atoms with van der Waals surface area (Å²) >= 11 is 14.2. The van der Waals surface area contributed by atoms with E-state index >= 15 is 0 Å². The molecule has 9 heteroatoms. The van der Waals surface area contributed by atoms with Crippen LogP contribution in [0.4, 0.5) is 5.13 Å². The lowest BCUT2D eigenvalue weighted by atomic mass is 10.1. The highest BCUT2D eigenvalue weighted by molar-refractivity contribution is 8.26. The number of carbonyl (C=O) groups excluding carboxylic acids is 2. The molecule has 1 saturated heterocycles. The molecule has 2 amide bonds. The zero-order chi connectivity index (χ0) is 24.6. The van der Waals surface area contributed by atoms with Crippen molar-refractivity contribution in [3.05, 3.63) is 86.7 Å². The van der Waals surface area contributed by atoms with E-state index in [2.05, 4.69) is 10.3 Å². The van der Waals surface area contributed by atoms with Gasteiger partial charge < -0.3 is 5.32 Å². The van der Waals surface area contributed by atoms with Crippen molar-refractivity contribution < 1.29 is 9.59 Å². The van der Waals surface area contributed by atoms with Gasteiger partial charge in [0.05, 0.1) is 4.91 Å². The van der Waals surface area contributed by atoms with Gasteiger partial charge in [-0.1, -0.05) is 84.5 Å². The molecule has 2 heterocycles. The number of hydrogen-bond donors (Lipinski definition) is 1. The van der Waals surface area contributed by atoms with Crippen LogP contribution in [-0.2, 0) is 16.0 Å². The maximum Gasteiger partial charge on any atom is 0.266 e. The molecule has 0 atom stereocenters. The highest BCUT2D eigenvalue weighted by Gasteiger charge is 2.31. The second-order valence-electron chi connectivity index (χ2n) is 8.04. The summed E-state index contributed by atoms with van der Waals surface area (Å²) in [6.07, 6.45) is 7.21. The summed E-state index contributed by atoms with van der Waals surface area (Å²) in [5, 5.41) is 4.21. The zero-order valence-corrected chi connectivity index (χ0v) is 22.1. The molecule has 2 aromatic carbocycles. The minimum Gasteiger partial charge on any atom is -0.302 e. The first-order chi connectivity index (χ1) is 17.0. The lowest BCUT2D eigenvalue weighted by molar-refractivity contribution is -0.122. The number of hydrogen-bond acceptors (Lipinski definition) is 6. The number of aromatic nitrogens is 1. The van der Waals surface area contributed by atoms with Crippen LogP contribution in [0.15, 0.2) is 65.7 Å². The Morgan fingerprint density at radius 2 is 1.86 bits per heavy atom. The lowest BCUT2D eigenvalue weighted by Gasteiger charge is -2.14. The van der Waals surface area contributed by atoms with Crippen molar-refractivity contribution >= 4 is 74.3 Å². The van der Waals surface area contributed by atoms with Crippen molar-refractivity contribution in [2.75, 3.05) is 11.9 Å². The molecule has 180 valence electrons. The standard InChI is InChI=1S/C26H24ClN3O2S3/c27-20-12-10-19(11-13-20)15-21-17-28-25(34-21)29-23(31)9-5-2-6-14-30-24(32)22(35-26(30)33)16-18-7-3-1-4-8-18/h1,3-4,7-8,10-13,16-17H,2,5-6,9,14-15H2,(H,28,29,31)/b22-16-. The van der Waals surface area contributed by atoms with E-state index < -0.39 is 0 Å². The van der Waals surface area contributed by atoms with E-state index in [1.54, 1.807) is 11.1 Å². The van der Waals surface area contributed by atoms with Crippen molar-refractivity contribution in [2.45, 2.75) is 32.1 Å². The number of anilines is 1. The molecule has 5 nitrogen and oxygen atoms in total. The Bertz CT molecular complexity index is 1230. The molecule has 1 aliphatic heterocycles. The SMILES string of the molecule is O=C(CCCCCN1C(=O)/C(=C/c2ccccc2)SC1=S)Nc1ncc(Cc2ccc(Cl)cc2)s1. The molecule has 0 bridgehead atoms. The molecule has 0 saturated carbocycles. The number of carbonyl (C=O) groups is 2. The van der Waals surface area contributed by atoms with Crippen LogP contribution in [0.25, 0.3) is 6.08 Å². The number of nitrogens with zero attached hydrogens (tertiary/aromatic N) is 2. The zero-order valence-electron chi connectivity index (χ0n) is 18.9. The van der Waals surface area contributed by atoms with Gasteiger partial charge in [0.25, 0.3) is 5.91 Å². The van der Waals surface area contributed by atoms with Crippen molar-refractivity contribution in [3.8, 4) is 0 Å². The summed E-state index contributed by atoms with van der Waals surface area (Å²) in [7, 11) is 0. The minimum absolute atomic E-state index is 0.0419. The monoisotopic (exact) mass is 541 g/mol. The van der Waals surface area contributed by atoms with E-state index in [0.717, 1.165) is 41.7 Å². The van der Waals surface area contributed by atoms with Crippen LogP contribution in [0.3, 0.4) is 0 Å².